The van der Waals surface area contributed by atoms with Gasteiger partial charge in [-0.3, -0.25) is 9.69 Å². The molecule has 1 fully saturated rings. The number of aryl methyl sites for hydroxylation is 1. The lowest BCUT2D eigenvalue weighted by atomic mass is 10.2. The number of pyridine rings is 1. The van der Waals surface area contributed by atoms with Gasteiger partial charge in [0, 0.05) is 48.2 Å². The van der Waals surface area contributed by atoms with Crippen LogP contribution in [0.15, 0.2) is 54.6 Å². The van der Waals surface area contributed by atoms with Crippen molar-refractivity contribution in [1.82, 2.24) is 14.8 Å². The Morgan fingerprint density at radius 1 is 1.07 bits per heavy atom. The lowest BCUT2D eigenvalue weighted by Gasteiger charge is -2.34. The third-order valence-electron chi connectivity index (χ3n) is 4.92. The van der Waals surface area contributed by atoms with Gasteiger partial charge in [0.05, 0.1) is 0 Å². The topological polar surface area (TPSA) is 36.4 Å². The number of aromatic nitrogens is 1. The van der Waals surface area contributed by atoms with Gasteiger partial charge in [0.1, 0.15) is 11.5 Å². The van der Waals surface area contributed by atoms with Crippen LogP contribution in [0, 0.1) is 12.7 Å². The van der Waals surface area contributed by atoms with Crippen LogP contribution in [0.4, 0.5) is 4.39 Å². The maximum absolute atomic E-state index is 13.4. The van der Waals surface area contributed by atoms with E-state index in [4.69, 9.17) is 0 Å². The minimum Gasteiger partial charge on any atom is -0.335 e. The molecule has 1 amide bonds. The van der Waals surface area contributed by atoms with E-state index in [1.165, 1.54) is 10.9 Å². The fraction of sp³-hybridized carbons (Fsp3) is 0.273. The summed E-state index contributed by atoms with van der Waals surface area (Å²) in [6, 6.07) is 16.4. The summed E-state index contributed by atoms with van der Waals surface area (Å²) in [5, 5.41) is 0. The van der Waals surface area contributed by atoms with Gasteiger partial charge < -0.3 is 4.90 Å². The Kier molecular flexibility index (Phi) is 5.50. The summed E-state index contributed by atoms with van der Waals surface area (Å²) >= 11 is 1.70. The molecule has 28 heavy (non-hydrogen) atoms. The van der Waals surface area contributed by atoms with Crippen LogP contribution in [0.3, 0.4) is 0 Å². The van der Waals surface area contributed by atoms with Crippen molar-refractivity contribution in [3.05, 3.63) is 76.7 Å². The molecule has 0 atom stereocenters. The molecule has 1 aliphatic heterocycles. The highest BCUT2D eigenvalue weighted by molar-refractivity contribution is 7.15. The Hall–Kier alpha value is -2.57. The minimum atomic E-state index is -0.212. The molecule has 4 nitrogen and oxygen atoms in total. The van der Waals surface area contributed by atoms with E-state index < -0.39 is 0 Å². The zero-order valence-corrected chi connectivity index (χ0v) is 16.6. The maximum Gasteiger partial charge on any atom is 0.272 e. The van der Waals surface area contributed by atoms with Crippen molar-refractivity contribution in [3.63, 3.8) is 0 Å². The summed E-state index contributed by atoms with van der Waals surface area (Å²) in [6.45, 7) is 5.83. The van der Waals surface area contributed by atoms with Crippen molar-refractivity contribution in [2.45, 2.75) is 13.5 Å². The number of hydrogen-bond acceptors (Lipinski definition) is 4. The van der Waals surface area contributed by atoms with Crippen molar-refractivity contribution in [2.75, 3.05) is 26.2 Å². The molecular weight excluding hydrogens is 373 g/mol. The fourth-order valence-corrected chi connectivity index (χ4v) is 4.46. The van der Waals surface area contributed by atoms with Gasteiger partial charge in [-0.15, -0.1) is 11.3 Å². The number of thiophene rings is 1. The molecule has 0 saturated carbocycles. The molecule has 144 valence electrons. The molecule has 0 bridgehead atoms. The number of carbonyl (C=O) groups is 1. The van der Waals surface area contributed by atoms with E-state index in [1.807, 2.05) is 30.0 Å². The molecule has 4 rings (SSSR count). The Bertz CT molecular complexity index is 979. The molecule has 6 heteroatoms. The quantitative estimate of drug-likeness (QED) is 0.664. The first kappa shape index (κ1) is 18.8. The second-order valence-electron chi connectivity index (χ2n) is 7.01. The van der Waals surface area contributed by atoms with Gasteiger partial charge in [0.2, 0.25) is 0 Å². The molecule has 3 aromatic rings. The third-order valence-corrected chi connectivity index (χ3v) is 6.04. The highest BCUT2D eigenvalue weighted by Gasteiger charge is 2.23. The van der Waals surface area contributed by atoms with Crippen molar-refractivity contribution in [1.29, 1.82) is 0 Å². The normalized spacial score (nSPS) is 15.0. The standard InChI is InChI=1S/C22H22FN3OS/c1-16-4-2-7-20(24-16)22(27)26-12-10-25(11-13-26)15-19-8-9-21(28-19)17-5-3-6-18(23)14-17/h2-9,14H,10-13,15H2,1H3. The van der Waals surface area contributed by atoms with E-state index in [0.29, 0.717) is 18.8 Å². The molecular formula is C22H22FN3OS. The molecule has 1 aliphatic rings. The van der Waals surface area contributed by atoms with Crippen molar-refractivity contribution >= 4 is 17.2 Å². The smallest absolute Gasteiger partial charge is 0.272 e. The summed E-state index contributed by atoms with van der Waals surface area (Å²) < 4.78 is 13.4. The second-order valence-corrected chi connectivity index (χ2v) is 8.18. The summed E-state index contributed by atoms with van der Waals surface area (Å²) in [5.41, 5.74) is 2.29. The third kappa shape index (κ3) is 4.29. The van der Waals surface area contributed by atoms with Crippen LogP contribution in [-0.2, 0) is 6.54 Å². The molecule has 0 spiro atoms. The lowest BCUT2D eigenvalue weighted by molar-refractivity contribution is 0.0623. The zero-order valence-electron chi connectivity index (χ0n) is 15.8. The van der Waals surface area contributed by atoms with Gasteiger partial charge in [0.15, 0.2) is 0 Å². The van der Waals surface area contributed by atoms with Gasteiger partial charge >= 0.3 is 0 Å². The van der Waals surface area contributed by atoms with Crippen LogP contribution in [0.2, 0.25) is 0 Å². The average molecular weight is 396 g/mol. The number of nitrogens with zero attached hydrogens (tertiary/aromatic N) is 3. The molecule has 0 unspecified atom stereocenters. The summed E-state index contributed by atoms with van der Waals surface area (Å²) in [7, 11) is 0. The molecule has 0 radical (unpaired) electrons. The van der Waals surface area contributed by atoms with E-state index in [9.17, 15) is 9.18 Å². The van der Waals surface area contributed by atoms with Gasteiger partial charge in [-0.05, 0) is 48.9 Å². The minimum absolute atomic E-state index is 0.00728. The Morgan fingerprint density at radius 3 is 2.61 bits per heavy atom. The van der Waals surface area contributed by atoms with Gasteiger partial charge in [-0.2, -0.15) is 0 Å². The number of piperazine rings is 1. The lowest BCUT2D eigenvalue weighted by Crippen LogP contribution is -2.48. The van der Waals surface area contributed by atoms with Gasteiger partial charge in [-0.25, -0.2) is 9.37 Å². The molecule has 0 aliphatic carbocycles. The molecule has 2 aromatic heterocycles. The monoisotopic (exact) mass is 395 g/mol. The summed E-state index contributed by atoms with van der Waals surface area (Å²) in [6.07, 6.45) is 0. The molecule has 1 saturated heterocycles. The largest absolute Gasteiger partial charge is 0.335 e. The fourth-order valence-electron chi connectivity index (χ4n) is 3.41. The summed E-state index contributed by atoms with van der Waals surface area (Å²) in [4.78, 5) is 23.5. The van der Waals surface area contributed by atoms with Crippen LogP contribution in [0.5, 0.6) is 0 Å². The van der Waals surface area contributed by atoms with Gasteiger partial charge in [-0.1, -0.05) is 18.2 Å². The highest BCUT2D eigenvalue weighted by atomic mass is 32.1. The van der Waals surface area contributed by atoms with Crippen LogP contribution >= 0.6 is 11.3 Å². The SMILES string of the molecule is Cc1cccc(C(=O)N2CCN(Cc3ccc(-c4cccc(F)c4)s3)CC2)n1. The summed E-state index contributed by atoms with van der Waals surface area (Å²) in [5.74, 6) is -0.204. The van der Waals surface area contributed by atoms with Crippen LogP contribution in [0.1, 0.15) is 21.1 Å². The maximum atomic E-state index is 13.4. The molecule has 3 heterocycles. The number of carbonyl (C=O) groups excluding carboxylic acids is 1. The number of halogens is 1. The molecule has 1 aromatic carbocycles. The van der Waals surface area contributed by atoms with Crippen molar-refractivity contribution in [2.24, 2.45) is 0 Å². The number of amides is 1. The number of hydrogen-bond donors (Lipinski definition) is 0. The first-order valence-corrected chi connectivity index (χ1v) is 10.2. The number of rotatable bonds is 4. The predicted molar refractivity (Wildman–Crippen MR) is 110 cm³/mol. The Labute approximate surface area is 168 Å². The van der Waals surface area contributed by atoms with Crippen molar-refractivity contribution < 1.29 is 9.18 Å². The Balaban J connectivity index is 1.34. The van der Waals surface area contributed by atoms with Crippen LogP contribution < -0.4 is 0 Å². The first-order valence-electron chi connectivity index (χ1n) is 9.38. The average Bonchev–Trinajstić information content (AvgIpc) is 3.17. The zero-order chi connectivity index (χ0) is 19.5. The first-order chi connectivity index (χ1) is 13.6. The van der Waals surface area contributed by atoms with E-state index in [2.05, 4.69) is 22.0 Å². The molecule has 0 N–H and O–H groups in total. The van der Waals surface area contributed by atoms with E-state index in [-0.39, 0.29) is 11.7 Å². The Morgan fingerprint density at radius 2 is 1.86 bits per heavy atom. The van der Waals surface area contributed by atoms with Crippen LogP contribution in [0.25, 0.3) is 10.4 Å². The second kappa shape index (κ2) is 8.20. The van der Waals surface area contributed by atoms with Gasteiger partial charge in [0.25, 0.3) is 5.91 Å². The van der Waals surface area contributed by atoms with E-state index >= 15 is 0 Å². The predicted octanol–water partition coefficient (Wildman–Crippen LogP) is 4.22. The number of benzene rings is 1. The highest BCUT2D eigenvalue weighted by Crippen LogP contribution is 2.29. The van der Waals surface area contributed by atoms with E-state index in [1.54, 1.807) is 29.5 Å². The van der Waals surface area contributed by atoms with Crippen LogP contribution in [-0.4, -0.2) is 46.9 Å². The van der Waals surface area contributed by atoms with Crippen molar-refractivity contribution in [3.8, 4) is 10.4 Å². The van der Waals surface area contributed by atoms with E-state index in [0.717, 1.165) is 35.8 Å².